The van der Waals surface area contributed by atoms with Crippen LogP contribution in [-0.4, -0.2) is 24.5 Å². The van der Waals surface area contributed by atoms with Gasteiger partial charge in [0.15, 0.2) is 5.76 Å². The van der Waals surface area contributed by atoms with Gasteiger partial charge in [0, 0.05) is 11.6 Å². The molecule has 0 saturated carbocycles. The van der Waals surface area contributed by atoms with Gasteiger partial charge < -0.3 is 19.1 Å². The van der Waals surface area contributed by atoms with Gasteiger partial charge >= 0.3 is 0 Å². The minimum Gasteiger partial charge on any atom is -0.497 e. The molecule has 0 unspecified atom stereocenters. The molecule has 6 heteroatoms. The third kappa shape index (κ3) is 2.83. The molecule has 3 rings (SSSR count). The summed E-state index contributed by atoms with van der Waals surface area (Å²) < 4.78 is 29.1. The van der Waals surface area contributed by atoms with Crippen molar-refractivity contribution < 1.29 is 23.5 Å². The fourth-order valence-electron chi connectivity index (χ4n) is 2.49. The second-order valence-corrected chi connectivity index (χ2v) is 5.07. The highest BCUT2D eigenvalue weighted by Gasteiger charge is 2.21. The number of aliphatic hydroxyl groups is 1. The van der Waals surface area contributed by atoms with Crippen molar-refractivity contribution in [3.63, 3.8) is 0 Å². The Bertz CT molecular complexity index is 843. The number of nitrogens with zero attached hydrogens (tertiary/aromatic N) is 1. The van der Waals surface area contributed by atoms with Crippen LogP contribution in [0.4, 0.5) is 4.39 Å². The molecule has 0 amide bonds. The second-order valence-electron chi connectivity index (χ2n) is 5.07. The predicted molar refractivity (Wildman–Crippen MR) is 86.4 cm³/mol. The van der Waals surface area contributed by atoms with E-state index in [-0.39, 0.29) is 12.4 Å². The molecule has 1 N–H and O–H groups in total. The van der Waals surface area contributed by atoms with E-state index in [2.05, 4.69) is 5.16 Å². The molecule has 124 valence electrons. The minimum atomic E-state index is -0.343. The number of hydrogen-bond donors (Lipinski definition) is 1. The van der Waals surface area contributed by atoms with E-state index in [1.807, 2.05) is 0 Å². The van der Waals surface area contributed by atoms with Gasteiger partial charge in [0.2, 0.25) is 0 Å². The number of methoxy groups -OCH3 is 2. The third-order valence-electron chi connectivity index (χ3n) is 3.72. The number of aromatic nitrogens is 1. The molecule has 0 spiro atoms. The average Bonchev–Trinajstić information content (AvgIpc) is 3.05. The van der Waals surface area contributed by atoms with Crippen LogP contribution >= 0.6 is 0 Å². The molecule has 0 bridgehead atoms. The Morgan fingerprint density at radius 1 is 1.08 bits per heavy atom. The average molecular weight is 329 g/mol. The summed E-state index contributed by atoms with van der Waals surface area (Å²) in [4.78, 5) is 0. The van der Waals surface area contributed by atoms with Crippen molar-refractivity contribution in [3.05, 3.63) is 53.8 Å². The van der Waals surface area contributed by atoms with Crippen molar-refractivity contribution in [2.75, 3.05) is 14.2 Å². The van der Waals surface area contributed by atoms with E-state index in [0.29, 0.717) is 39.6 Å². The molecule has 0 radical (unpaired) electrons. The summed E-state index contributed by atoms with van der Waals surface area (Å²) >= 11 is 0. The van der Waals surface area contributed by atoms with E-state index < -0.39 is 0 Å². The van der Waals surface area contributed by atoms with Crippen molar-refractivity contribution in [2.45, 2.75) is 6.61 Å². The third-order valence-corrected chi connectivity index (χ3v) is 3.72. The van der Waals surface area contributed by atoms with E-state index in [9.17, 15) is 9.50 Å². The van der Waals surface area contributed by atoms with Crippen molar-refractivity contribution in [2.24, 2.45) is 0 Å². The first-order valence-corrected chi connectivity index (χ1v) is 7.25. The van der Waals surface area contributed by atoms with Crippen LogP contribution in [0.5, 0.6) is 11.5 Å². The van der Waals surface area contributed by atoms with Crippen molar-refractivity contribution in [1.82, 2.24) is 5.16 Å². The van der Waals surface area contributed by atoms with Crippen LogP contribution in [0.25, 0.3) is 22.6 Å². The van der Waals surface area contributed by atoms with Crippen LogP contribution in [0.3, 0.4) is 0 Å². The molecule has 2 aromatic carbocycles. The van der Waals surface area contributed by atoms with Gasteiger partial charge in [-0.05, 0) is 36.4 Å². The summed E-state index contributed by atoms with van der Waals surface area (Å²) in [6.45, 7) is -0.277. The van der Waals surface area contributed by atoms with Crippen LogP contribution in [0.1, 0.15) is 5.56 Å². The minimum absolute atomic E-state index is 0.277. The molecule has 0 fully saturated rings. The summed E-state index contributed by atoms with van der Waals surface area (Å²) in [5.41, 5.74) is 2.27. The van der Waals surface area contributed by atoms with Crippen molar-refractivity contribution >= 4 is 0 Å². The van der Waals surface area contributed by atoms with Crippen molar-refractivity contribution in [3.8, 4) is 34.1 Å². The summed E-state index contributed by atoms with van der Waals surface area (Å²) in [6.07, 6.45) is 0. The van der Waals surface area contributed by atoms with Crippen LogP contribution in [0, 0.1) is 5.82 Å². The number of halogens is 1. The van der Waals surface area contributed by atoms with Gasteiger partial charge in [-0.25, -0.2) is 4.39 Å². The van der Waals surface area contributed by atoms with Gasteiger partial charge in [-0.2, -0.15) is 0 Å². The Labute approximate surface area is 138 Å². The first-order valence-electron chi connectivity index (χ1n) is 7.25. The van der Waals surface area contributed by atoms with E-state index in [1.165, 1.54) is 19.2 Å². The lowest BCUT2D eigenvalue weighted by atomic mass is 10.0. The number of ether oxygens (including phenoxy) is 2. The van der Waals surface area contributed by atoms with E-state index in [4.69, 9.17) is 14.0 Å². The van der Waals surface area contributed by atoms with Crippen LogP contribution in [-0.2, 0) is 6.61 Å². The normalized spacial score (nSPS) is 10.7. The van der Waals surface area contributed by atoms with Gasteiger partial charge in [-0.15, -0.1) is 0 Å². The highest BCUT2D eigenvalue weighted by atomic mass is 19.1. The van der Waals surface area contributed by atoms with Gasteiger partial charge in [-0.1, -0.05) is 5.16 Å². The lowest BCUT2D eigenvalue weighted by Gasteiger charge is -2.09. The maximum absolute atomic E-state index is 13.1. The molecule has 0 aliphatic carbocycles. The zero-order valence-corrected chi connectivity index (χ0v) is 13.2. The fraction of sp³-hybridized carbons (Fsp3) is 0.167. The summed E-state index contributed by atoms with van der Waals surface area (Å²) in [5.74, 6) is 1.23. The highest BCUT2D eigenvalue weighted by molar-refractivity contribution is 5.76. The fourth-order valence-corrected chi connectivity index (χ4v) is 2.49. The second kappa shape index (κ2) is 6.72. The maximum atomic E-state index is 13.1. The monoisotopic (exact) mass is 329 g/mol. The smallest absolute Gasteiger partial charge is 0.176 e. The lowest BCUT2D eigenvalue weighted by molar-refractivity contribution is 0.281. The Morgan fingerprint density at radius 2 is 1.83 bits per heavy atom. The summed E-state index contributed by atoms with van der Waals surface area (Å²) in [5, 5.41) is 13.8. The Balaban J connectivity index is 2.11. The van der Waals surface area contributed by atoms with Gasteiger partial charge in [0.05, 0.1) is 32.0 Å². The first kappa shape index (κ1) is 16.0. The molecule has 24 heavy (non-hydrogen) atoms. The molecule has 0 aliphatic rings. The van der Waals surface area contributed by atoms with E-state index in [1.54, 1.807) is 37.4 Å². The summed E-state index contributed by atoms with van der Waals surface area (Å²) in [7, 11) is 3.10. The van der Waals surface area contributed by atoms with E-state index >= 15 is 0 Å². The molecule has 3 aromatic rings. The van der Waals surface area contributed by atoms with Gasteiger partial charge in [-0.3, -0.25) is 0 Å². The lowest BCUT2D eigenvalue weighted by Crippen LogP contribution is -1.93. The Morgan fingerprint density at radius 3 is 2.46 bits per heavy atom. The quantitative estimate of drug-likeness (QED) is 0.774. The number of rotatable bonds is 5. The number of aliphatic hydroxyl groups excluding tert-OH is 1. The zero-order valence-electron chi connectivity index (χ0n) is 13.2. The zero-order chi connectivity index (χ0) is 17.1. The molecule has 1 heterocycles. The van der Waals surface area contributed by atoms with E-state index in [0.717, 1.165) is 0 Å². The van der Waals surface area contributed by atoms with Gasteiger partial charge in [0.25, 0.3) is 0 Å². The highest BCUT2D eigenvalue weighted by Crippen LogP contribution is 2.38. The van der Waals surface area contributed by atoms with Gasteiger partial charge in [0.1, 0.15) is 23.0 Å². The molecule has 0 saturated heterocycles. The molecular weight excluding hydrogens is 313 g/mol. The van der Waals surface area contributed by atoms with Crippen molar-refractivity contribution in [1.29, 1.82) is 0 Å². The molecule has 0 atom stereocenters. The maximum Gasteiger partial charge on any atom is 0.176 e. The molecular formula is C18H16FNO4. The van der Waals surface area contributed by atoms with Crippen LogP contribution < -0.4 is 9.47 Å². The standard InChI is InChI=1S/C18H16FNO4/c1-22-13-7-8-14(16(9-13)23-2)18-15(10-21)17(20-24-18)11-3-5-12(19)6-4-11/h3-9,21H,10H2,1-2H3. The SMILES string of the molecule is COc1ccc(-c2onc(-c3ccc(F)cc3)c2CO)c(OC)c1. The van der Waals surface area contributed by atoms with Crippen LogP contribution in [0.2, 0.25) is 0 Å². The largest absolute Gasteiger partial charge is 0.497 e. The summed E-state index contributed by atoms with van der Waals surface area (Å²) in [6, 6.07) is 11.1. The predicted octanol–water partition coefficient (Wildman–Crippen LogP) is 3.66. The number of benzene rings is 2. The first-order chi connectivity index (χ1) is 11.7. The number of hydrogen-bond acceptors (Lipinski definition) is 5. The Kier molecular flexibility index (Phi) is 4.48. The molecule has 1 aromatic heterocycles. The molecule has 0 aliphatic heterocycles. The van der Waals surface area contributed by atoms with Crippen LogP contribution in [0.15, 0.2) is 47.0 Å². The topological polar surface area (TPSA) is 64.7 Å². The molecule has 5 nitrogen and oxygen atoms in total. The Hall–Kier alpha value is -2.86.